The third kappa shape index (κ3) is 3.56. The van der Waals surface area contributed by atoms with Gasteiger partial charge in [0.05, 0.1) is 24.2 Å². The summed E-state index contributed by atoms with van der Waals surface area (Å²) in [7, 11) is -3.51. The third-order valence-electron chi connectivity index (χ3n) is 3.36. The van der Waals surface area contributed by atoms with E-state index in [1.807, 2.05) is 27.7 Å². The summed E-state index contributed by atoms with van der Waals surface area (Å²) in [6.07, 6.45) is 0.0618. The summed E-state index contributed by atoms with van der Waals surface area (Å²) in [5.74, 6) is 0.673. The molecular formula is C15H23NO4S. The average Bonchev–Trinajstić information content (AvgIpc) is 2.38. The Hall–Kier alpha value is -1.11. The maximum Gasteiger partial charge on any atom is 0.243 e. The van der Waals surface area contributed by atoms with Crippen LogP contribution in [0.4, 0.5) is 0 Å². The molecule has 0 spiro atoms. The van der Waals surface area contributed by atoms with Crippen molar-refractivity contribution in [1.29, 1.82) is 0 Å². The Balaban J connectivity index is 2.26. The van der Waals surface area contributed by atoms with Gasteiger partial charge in [0.25, 0.3) is 0 Å². The van der Waals surface area contributed by atoms with Crippen molar-refractivity contribution in [2.24, 2.45) is 0 Å². The Bertz CT molecular complexity index is 558. The van der Waals surface area contributed by atoms with Crippen LogP contribution in [0.5, 0.6) is 5.75 Å². The highest BCUT2D eigenvalue weighted by Gasteiger charge is 2.36. The van der Waals surface area contributed by atoms with Gasteiger partial charge in [0, 0.05) is 12.1 Å². The van der Waals surface area contributed by atoms with E-state index < -0.39 is 10.0 Å². The average molecular weight is 313 g/mol. The van der Waals surface area contributed by atoms with Crippen molar-refractivity contribution in [1.82, 2.24) is 4.31 Å². The van der Waals surface area contributed by atoms with Crippen LogP contribution in [0.15, 0.2) is 29.2 Å². The van der Waals surface area contributed by atoms with Crippen molar-refractivity contribution < 1.29 is 17.9 Å². The smallest absolute Gasteiger partial charge is 0.243 e. The van der Waals surface area contributed by atoms with Gasteiger partial charge in [-0.3, -0.25) is 0 Å². The van der Waals surface area contributed by atoms with Gasteiger partial charge in [-0.05, 0) is 52.0 Å². The molecule has 1 aromatic rings. The Morgan fingerprint density at radius 2 is 1.67 bits per heavy atom. The van der Waals surface area contributed by atoms with Crippen molar-refractivity contribution in [2.45, 2.75) is 50.8 Å². The van der Waals surface area contributed by atoms with Gasteiger partial charge in [-0.15, -0.1) is 0 Å². The number of nitrogens with zero attached hydrogens (tertiary/aromatic N) is 1. The summed E-state index contributed by atoms with van der Waals surface area (Å²) in [5.41, 5.74) is 0. The van der Waals surface area contributed by atoms with Gasteiger partial charge in [-0.1, -0.05) is 0 Å². The normalized spacial score (nSPS) is 24.2. The van der Waals surface area contributed by atoms with E-state index in [0.29, 0.717) is 23.9 Å². The van der Waals surface area contributed by atoms with E-state index in [2.05, 4.69) is 0 Å². The summed E-state index contributed by atoms with van der Waals surface area (Å²) < 4.78 is 38.0. The number of ether oxygens (including phenoxy) is 2. The highest BCUT2D eigenvalue weighted by molar-refractivity contribution is 7.89. The van der Waals surface area contributed by atoms with Gasteiger partial charge in [0.1, 0.15) is 5.75 Å². The minimum Gasteiger partial charge on any atom is -0.491 e. The van der Waals surface area contributed by atoms with Crippen molar-refractivity contribution in [3.05, 3.63) is 24.3 Å². The van der Waals surface area contributed by atoms with Crippen molar-refractivity contribution >= 4 is 10.0 Å². The molecule has 0 N–H and O–H groups in total. The van der Waals surface area contributed by atoms with Gasteiger partial charge in [0.2, 0.25) is 10.0 Å². The monoisotopic (exact) mass is 313 g/mol. The van der Waals surface area contributed by atoms with Gasteiger partial charge in [0.15, 0.2) is 0 Å². The van der Waals surface area contributed by atoms with E-state index in [1.165, 1.54) is 4.31 Å². The number of morpholine rings is 1. The Kier molecular flexibility index (Phi) is 4.91. The fraction of sp³-hybridized carbons (Fsp3) is 0.600. The molecule has 1 aliphatic rings. The predicted octanol–water partition coefficient (Wildman–Crippen LogP) is 2.27. The topological polar surface area (TPSA) is 55.8 Å². The molecule has 1 aliphatic heterocycles. The lowest BCUT2D eigenvalue weighted by molar-refractivity contribution is 0.00636. The van der Waals surface area contributed by atoms with Crippen molar-refractivity contribution in [3.8, 4) is 5.75 Å². The van der Waals surface area contributed by atoms with E-state index >= 15 is 0 Å². The van der Waals surface area contributed by atoms with E-state index in [4.69, 9.17) is 9.47 Å². The molecule has 0 amide bonds. The molecule has 5 nitrogen and oxygen atoms in total. The molecule has 0 saturated carbocycles. The van der Waals surface area contributed by atoms with E-state index in [1.54, 1.807) is 24.3 Å². The number of benzene rings is 1. The van der Waals surface area contributed by atoms with E-state index in [0.717, 1.165) is 0 Å². The highest BCUT2D eigenvalue weighted by Crippen LogP contribution is 2.25. The highest BCUT2D eigenvalue weighted by atomic mass is 32.2. The van der Waals surface area contributed by atoms with Crippen LogP contribution in [0.1, 0.15) is 27.7 Å². The lowest BCUT2D eigenvalue weighted by Crippen LogP contribution is -2.52. The molecule has 2 rings (SSSR count). The minimum atomic E-state index is -3.51. The summed E-state index contributed by atoms with van der Waals surface area (Å²) in [4.78, 5) is 0.291. The van der Waals surface area contributed by atoms with Gasteiger partial charge >= 0.3 is 0 Å². The summed E-state index contributed by atoms with van der Waals surface area (Å²) in [6.45, 7) is 8.45. The van der Waals surface area contributed by atoms with Crippen LogP contribution in [0, 0.1) is 0 Å². The third-order valence-corrected chi connectivity index (χ3v) is 5.50. The summed E-state index contributed by atoms with van der Waals surface area (Å²) in [5, 5.41) is 0. The largest absolute Gasteiger partial charge is 0.491 e. The molecule has 21 heavy (non-hydrogen) atoms. The van der Waals surface area contributed by atoms with Crippen LogP contribution in [0.25, 0.3) is 0 Å². The first kappa shape index (κ1) is 16.3. The zero-order valence-corrected chi connectivity index (χ0v) is 13.8. The van der Waals surface area contributed by atoms with Gasteiger partial charge < -0.3 is 9.47 Å². The number of rotatable bonds is 4. The fourth-order valence-electron chi connectivity index (χ4n) is 2.55. The lowest BCUT2D eigenvalue weighted by atomic mass is 10.2. The number of sulfonamides is 1. The van der Waals surface area contributed by atoms with Crippen LogP contribution < -0.4 is 4.74 Å². The second-order valence-electron chi connectivity index (χ2n) is 5.71. The molecule has 1 saturated heterocycles. The molecule has 2 atom stereocenters. The number of hydrogen-bond acceptors (Lipinski definition) is 4. The van der Waals surface area contributed by atoms with Crippen LogP contribution >= 0.6 is 0 Å². The van der Waals surface area contributed by atoms with Crippen LogP contribution in [-0.4, -0.2) is 44.1 Å². The Morgan fingerprint density at radius 3 is 2.14 bits per heavy atom. The zero-order chi connectivity index (χ0) is 15.6. The number of hydrogen-bond donors (Lipinski definition) is 0. The molecule has 2 unspecified atom stereocenters. The molecule has 1 fully saturated rings. The molecule has 0 aromatic heterocycles. The quantitative estimate of drug-likeness (QED) is 0.855. The second kappa shape index (κ2) is 6.34. The maximum absolute atomic E-state index is 12.8. The molecular weight excluding hydrogens is 290 g/mol. The SMILES string of the molecule is CC(C)Oc1ccc(S(=O)(=O)N2C(C)COCC2C)cc1. The molecule has 0 radical (unpaired) electrons. The van der Waals surface area contributed by atoms with Crippen molar-refractivity contribution in [3.63, 3.8) is 0 Å². The standard InChI is InChI=1S/C15H23NO4S/c1-11(2)20-14-5-7-15(8-6-14)21(17,18)16-12(3)9-19-10-13(16)4/h5-8,11-13H,9-10H2,1-4H3. The van der Waals surface area contributed by atoms with Crippen LogP contribution in [0.3, 0.4) is 0 Å². The summed E-state index contributed by atoms with van der Waals surface area (Å²) in [6, 6.07) is 6.27. The van der Waals surface area contributed by atoms with E-state index in [9.17, 15) is 8.42 Å². The Morgan fingerprint density at radius 1 is 1.14 bits per heavy atom. The minimum absolute atomic E-state index is 0.0618. The molecule has 0 aliphatic carbocycles. The second-order valence-corrected chi connectivity index (χ2v) is 7.55. The summed E-state index contributed by atoms with van der Waals surface area (Å²) >= 11 is 0. The first-order valence-electron chi connectivity index (χ1n) is 7.20. The molecule has 1 aromatic carbocycles. The Labute approximate surface area is 126 Å². The predicted molar refractivity (Wildman–Crippen MR) is 81.0 cm³/mol. The van der Waals surface area contributed by atoms with Gasteiger partial charge in [-0.2, -0.15) is 4.31 Å². The molecule has 0 bridgehead atoms. The van der Waals surface area contributed by atoms with Crippen LogP contribution in [-0.2, 0) is 14.8 Å². The van der Waals surface area contributed by atoms with E-state index in [-0.39, 0.29) is 18.2 Å². The molecule has 6 heteroatoms. The van der Waals surface area contributed by atoms with Crippen LogP contribution in [0.2, 0.25) is 0 Å². The first-order valence-corrected chi connectivity index (χ1v) is 8.64. The lowest BCUT2D eigenvalue weighted by Gasteiger charge is -2.37. The fourth-order valence-corrected chi connectivity index (χ4v) is 4.34. The zero-order valence-electron chi connectivity index (χ0n) is 12.9. The molecule has 118 valence electrons. The first-order chi connectivity index (χ1) is 9.82. The molecule has 1 heterocycles. The van der Waals surface area contributed by atoms with Crippen molar-refractivity contribution in [2.75, 3.05) is 13.2 Å². The van der Waals surface area contributed by atoms with Gasteiger partial charge in [-0.25, -0.2) is 8.42 Å². The maximum atomic E-state index is 12.8.